The van der Waals surface area contributed by atoms with E-state index >= 15 is 0 Å². The highest BCUT2D eigenvalue weighted by molar-refractivity contribution is 5.73. The molecule has 0 amide bonds. The van der Waals surface area contributed by atoms with Crippen LogP contribution < -0.4 is 5.32 Å². The molecule has 0 saturated carbocycles. The fraction of sp³-hybridized carbons (Fsp3) is 0.900. The van der Waals surface area contributed by atoms with Crippen LogP contribution >= 0.6 is 0 Å². The predicted octanol–water partition coefficient (Wildman–Crippen LogP) is 0.489. The van der Waals surface area contributed by atoms with E-state index in [4.69, 9.17) is 14.6 Å². The lowest BCUT2D eigenvalue weighted by atomic mass is 10.2. The molecule has 5 nitrogen and oxygen atoms in total. The van der Waals surface area contributed by atoms with Gasteiger partial charge in [-0.2, -0.15) is 0 Å². The summed E-state index contributed by atoms with van der Waals surface area (Å²) in [7, 11) is 1.58. The zero-order chi connectivity index (χ0) is 11.8. The van der Waals surface area contributed by atoms with Gasteiger partial charge in [-0.05, 0) is 6.92 Å². The summed E-state index contributed by atoms with van der Waals surface area (Å²) in [4.78, 5) is 10.8. The molecule has 0 saturated heterocycles. The zero-order valence-electron chi connectivity index (χ0n) is 9.82. The summed E-state index contributed by atoms with van der Waals surface area (Å²) < 4.78 is 10.2. The van der Waals surface area contributed by atoms with Crippen LogP contribution in [0.25, 0.3) is 0 Å². The average Bonchev–Trinajstić information content (AvgIpc) is 2.11. The molecule has 0 bridgehead atoms. The molecule has 0 heterocycles. The smallest absolute Gasteiger partial charge is 0.323 e. The number of methoxy groups -OCH3 is 1. The van der Waals surface area contributed by atoms with Crippen LogP contribution in [0.2, 0.25) is 0 Å². The first-order chi connectivity index (χ1) is 6.97. The molecule has 2 unspecified atom stereocenters. The summed E-state index contributed by atoms with van der Waals surface area (Å²) >= 11 is 0. The topological polar surface area (TPSA) is 67.8 Å². The number of nitrogens with one attached hydrogen (secondary N) is 1. The SMILES string of the molecule is COCC(C)OCC(NC(C)C)C(=O)O. The number of carbonyl (C=O) groups is 1. The van der Waals surface area contributed by atoms with Crippen LogP contribution in [0, 0.1) is 0 Å². The van der Waals surface area contributed by atoms with Gasteiger partial charge in [-0.3, -0.25) is 4.79 Å². The van der Waals surface area contributed by atoms with Crippen LogP contribution in [0.4, 0.5) is 0 Å². The van der Waals surface area contributed by atoms with Crippen LogP contribution in [0.1, 0.15) is 20.8 Å². The third-order valence-corrected chi connectivity index (χ3v) is 1.78. The van der Waals surface area contributed by atoms with Gasteiger partial charge in [0.1, 0.15) is 6.04 Å². The van der Waals surface area contributed by atoms with Crippen LogP contribution in [0.3, 0.4) is 0 Å². The Bertz CT molecular complexity index is 184. The van der Waals surface area contributed by atoms with Gasteiger partial charge in [0, 0.05) is 13.2 Å². The third-order valence-electron chi connectivity index (χ3n) is 1.78. The minimum Gasteiger partial charge on any atom is -0.480 e. The molecule has 5 heteroatoms. The van der Waals surface area contributed by atoms with E-state index in [0.717, 1.165) is 0 Å². The van der Waals surface area contributed by atoms with Gasteiger partial charge < -0.3 is 19.9 Å². The molecule has 0 aliphatic carbocycles. The second-order valence-electron chi connectivity index (χ2n) is 3.81. The maximum atomic E-state index is 10.8. The third kappa shape index (κ3) is 7.30. The van der Waals surface area contributed by atoms with Crippen molar-refractivity contribution in [1.29, 1.82) is 0 Å². The lowest BCUT2D eigenvalue weighted by Crippen LogP contribution is -2.44. The highest BCUT2D eigenvalue weighted by atomic mass is 16.5. The number of ether oxygens (including phenoxy) is 2. The van der Waals surface area contributed by atoms with Crippen molar-refractivity contribution in [3.63, 3.8) is 0 Å². The Morgan fingerprint density at radius 2 is 1.93 bits per heavy atom. The number of carboxylic acid groups (broad SMARTS) is 1. The first kappa shape index (κ1) is 14.3. The molecular formula is C10H21NO4. The molecule has 15 heavy (non-hydrogen) atoms. The number of aliphatic carboxylic acids is 1. The van der Waals surface area contributed by atoms with E-state index in [1.54, 1.807) is 7.11 Å². The van der Waals surface area contributed by atoms with Crippen molar-refractivity contribution in [3.05, 3.63) is 0 Å². The monoisotopic (exact) mass is 219 g/mol. The maximum Gasteiger partial charge on any atom is 0.323 e. The Hall–Kier alpha value is -0.650. The molecule has 0 aromatic rings. The molecule has 2 atom stereocenters. The first-order valence-electron chi connectivity index (χ1n) is 5.06. The molecule has 0 fully saturated rings. The Morgan fingerprint density at radius 3 is 2.33 bits per heavy atom. The van der Waals surface area contributed by atoms with E-state index in [2.05, 4.69) is 5.32 Å². The van der Waals surface area contributed by atoms with Gasteiger partial charge in [-0.1, -0.05) is 13.8 Å². The number of hydrogen-bond acceptors (Lipinski definition) is 4. The van der Waals surface area contributed by atoms with Crippen molar-refractivity contribution in [2.24, 2.45) is 0 Å². The Balaban J connectivity index is 3.90. The van der Waals surface area contributed by atoms with Crippen molar-refractivity contribution in [3.8, 4) is 0 Å². The van der Waals surface area contributed by atoms with E-state index < -0.39 is 12.0 Å². The molecule has 0 aliphatic rings. The standard InChI is InChI=1S/C10H21NO4/c1-7(2)11-9(10(12)13)6-15-8(3)5-14-4/h7-9,11H,5-6H2,1-4H3,(H,12,13). The van der Waals surface area contributed by atoms with Gasteiger partial charge >= 0.3 is 5.97 Å². The van der Waals surface area contributed by atoms with Crippen molar-refractivity contribution in [2.75, 3.05) is 20.3 Å². The van der Waals surface area contributed by atoms with Crippen LogP contribution in [0.15, 0.2) is 0 Å². The van der Waals surface area contributed by atoms with Crippen molar-refractivity contribution in [2.45, 2.75) is 39.0 Å². The summed E-state index contributed by atoms with van der Waals surface area (Å²) in [5, 5.41) is 11.8. The minimum absolute atomic E-state index is 0.0918. The molecule has 0 aromatic heterocycles. The largest absolute Gasteiger partial charge is 0.480 e. The van der Waals surface area contributed by atoms with Crippen molar-refractivity contribution >= 4 is 5.97 Å². The van der Waals surface area contributed by atoms with Crippen molar-refractivity contribution in [1.82, 2.24) is 5.32 Å². The predicted molar refractivity (Wildman–Crippen MR) is 57.0 cm³/mol. The average molecular weight is 219 g/mol. The van der Waals surface area contributed by atoms with E-state index in [9.17, 15) is 4.79 Å². The Kier molecular flexibility index (Phi) is 7.29. The summed E-state index contributed by atoms with van der Waals surface area (Å²) in [6.07, 6.45) is -0.0918. The highest BCUT2D eigenvalue weighted by Crippen LogP contribution is 1.96. The second kappa shape index (κ2) is 7.62. The molecule has 90 valence electrons. The van der Waals surface area contributed by atoms with Gasteiger partial charge in [0.05, 0.1) is 19.3 Å². The zero-order valence-corrected chi connectivity index (χ0v) is 9.82. The lowest BCUT2D eigenvalue weighted by Gasteiger charge is -2.19. The van der Waals surface area contributed by atoms with Gasteiger partial charge in [0.15, 0.2) is 0 Å². The van der Waals surface area contributed by atoms with Gasteiger partial charge in [-0.25, -0.2) is 0 Å². The molecule has 2 N–H and O–H groups in total. The second-order valence-corrected chi connectivity index (χ2v) is 3.81. The lowest BCUT2D eigenvalue weighted by molar-refractivity contribution is -0.142. The van der Waals surface area contributed by atoms with Crippen LogP contribution in [-0.4, -0.2) is 49.6 Å². The first-order valence-corrected chi connectivity index (χ1v) is 5.06. The van der Waals surface area contributed by atoms with E-state index in [1.165, 1.54) is 0 Å². The van der Waals surface area contributed by atoms with Gasteiger partial charge in [0.2, 0.25) is 0 Å². The summed E-state index contributed by atoms with van der Waals surface area (Å²) in [5.74, 6) is -0.895. The van der Waals surface area contributed by atoms with E-state index in [1.807, 2.05) is 20.8 Å². The molecular weight excluding hydrogens is 198 g/mol. The van der Waals surface area contributed by atoms with E-state index in [0.29, 0.717) is 6.61 Å². The molecule has 0 aromatic carbocycles. The normalized spacial score (nSPS) is 15.3. The molecule has 0 spiro atoms. The van der Waals surface area contributed by atoms with Crippen molar-refractivity contribution < 1.29 is 19.4 Å². The quantitative estimate of drug-likeness (QED) is 0.622. The number of hydrogen-bond donors (Lipinski definition) is 2. The molecule has 0 rings (SSSR count). The fourth-order valence-electron chi connectivity index (χ4n) is 1.14. The highest BCUT2D eigenvalue weighted by Gasteiger charge is 2.19. The summed E-state index contributed by atoms with van der Waals surface area (Å²) in [5.41, 5.74) is 0. The van der Waals surface area contributed by atoms with Gasteiger partial charge in [0.25, 0.3) is 0 Å². The van der Waals surface area contributed by atoms with E-state index in [-0.39, 0.29) is 18.8 Å². The Morgan fingerprint density at radius 1 is 1.33 bits per heavy atom. The van der Waals surface area contributed by atoms with Gasteiger partial charge in [-0.15, -0.1) is 0 Å². The van der Waals surface area contributed by atoms with Crippen LogP contribution in [-0.2, 0) is 14.3 Å². The number of rotatable bonds is 8. The molecule has 0 aliphatic heterocycles. The molecule has 0 radical (unpaired) electrons. The Labute approximate surface area is 90.8 Å². The minimum atomic E-state index is -0.895. The number of carboxylic acids is 1. The fourth-order valence-corrected chi connectivity index (χ4v) is 1.14. The van der Waals surface area contributed by atoms with Crippen LogP contribution in [0.5, 0.6) is 0 Å². The summed E-state index contributed by atoms with van der Waals surface area (Å²) in [6.45, 7) is 6.26. The maximum absolute atomic E-state index is 10.8. The summed E-state index contributed by atoms with van der Waals surface area (Å²) in [6, 6.07) is -0.545.